The number of carbonyl (C=O) groups excluding carboxylic acids is 1. The van der Waals surface area contributed by atoms with Gasteiger partial charge in [-0.05, 0) is 24.1 Å². The Kier molecular flexibility index (Phi) is 4.91. The molecule has 0 saturated carbocycles. The van der Waals surface area contributed by atoms with Crippen LogP contribution in [0.5, 0.6) is 0 Å². The smallest absolute Gasteiger partial charge is 0.182 e. The van der Waals surface area contributed by atoms with Crippen molar-refractivity contribution in [2.24, 2.45) is 0 Å². The first-order valence-corrected chi connectivity index (χ1v) is 8.58. The molecule has 0 aliphatic heterocycles. The zero-order chi connectivity index (χ0) is 15.3. The minimum atomic E-state index is -3.38. The van der Waals surface area contributed by atoms with E-state index in [1.54, 1.807) is 24.3 Å². The Balaban J connectivity index is 2.19. The summed E-state index contributed by atoms with van der Waals surface area (Å²) in [4.78, 5) is 12.0. The van der Waals surface area contributed by atoms with Crippen molar-refractivity contribution in [3.05, 3.63) is 65.7 Å². The standard InChI is InChI=1S/C17H18O3S/c1-2-6-17(18)15-9-11-16(12-10-15)21(19,20)13-14-7-4-3-5-8-14/h3-5,7-12H,2,6,13H2,1H3. The van der Waals surface area contributed by atoms with Gasteiger partial charge in [-0.25, -0.2) is 8.42 Å². The molecule has 2 aromatic rings. The molecule has 21 heavy (non-hydrogen) atoms. The summed E-state index contributed by atoms with van der Waals surface area (Å²) < 4.78 is 24.6. The fourth-order valence-electron chi connectivity index (χ4n) is 2.10. The summed E-state index contributed by atoms with van der Waals surface area (Å²) in [6.45, 7) is 1.94. The molecule has 0 bridgehead atoms. The Morgan fingerprint density at radius 2 is 1.57 bits per heavy atom. The number of ketones is 1. The Bertz CT molecular complexity index is 701. The average molecular weight is 302 g/mol. The Labute approximate surface area is 125 Å². The van der Waals surface area contributed by atoms with Gasteiger partial charge < -0.3 is 0 Å². The molecule has 4 heteroatoms. The van der Waals surface area contributed by atoms with Gasteiger partial charge >= 0.3 is 0 Å². The topological polar surface area (TPSA) is 51.2 Å². The molecule has 0 aliphatic rings. The van der Waals surface area contributed by atoms with E-state index in [1.807, 2.05) is 25.1 Å². The van der Waals surface area contributed by atoms with E-state index in [9.17, 15) is 13.2 Å². The molecule has 0 heterocycles. The highest BCUT2D eigenvalue weighted by Gasteiger charge is 2.15. The highest BCUT2D eigenvalue weighted by molar-refractivity contribution is 7.90. The molecule has 0 unspecified atom stereocenters. The van der Waals surface area contributed by atoms with Crippen LogP contribution in [0, 0.1) is 0 Å². The van der Waals surface area contributed by atoms with Crippen molar-refractivity contribution < 1.29 is 13.2 Å². The first-order chi connectivity index (χ1) is 10.0. The van der Waals surface area contributed by atoms with Crippen molar-refractivity contribution in [3.63, 3.8) is 0 Å². The maximum Gasteiger partial charge on any atom is 0.182 e. The van der Waals surface area contributed by atoms with Gasteiger partial charge in [-0.15, -0.1) is 0 Å². The van der Waals surface area contributed by atoms with Crippen LogP contribution in [0.2, 0.25) is 0 Å². The van der Waals surface area contributed by atoms with E-state index in [-0.39, 0.29) is 16.4 Å². The van der Waals surface area contributed by atoms with Gasteiger partial charge in [0, 0.05) is 12.0 Å². The van der Waals surface area contributed by atoms with E-state index in [4.69, 9.17) is 0 Å². The molecule has 0 amide bonds. The zero-order valence-corrected chi connectivity index (χ0v) is 12.8. The lowest BCUT2D eigenvalue weighted by Gasteiger charge is -2.06. The van der Waals surface area contributed by atoms with E-state index in [1.165, 1.54) is 12.1 Å². The van der Waals surface area contributed by atoms with Crippen LogP contribution in [0.1, 0.15) is 35.7 Å². The largest absolute Gasteiger partial charge is 0.294 e. The highest BCUT2D eigenvalue weighted by Crippen LogP contribution is 2.18. The van der Waals surface area contributed by atoms with E-state index >= 15 is 0 Å². The van der Waals surface area contributed by atoms with Crippen molar-refractivity contribution in [2.75, 3.05) is 0 Å². The van der Waals surface area contributed by atoms with E-state index in [0.29, 0.717) is 12.0 Å². The molecule has 0 saturated heterocycles. The molecule has 0 fully saturated rings. The van der Waals surface area contributed by atoms with E-state index < -0.39 is 9.84 Å². The van der Waals surface area contributed by atoms with Crippen molar-refractivity contribution >= 4 is 15.6 Å². The minimum Gasteiger partial charge on any atom is -0.294 e. The molecule has 3 nitrogen and oxygen atoms in total. The van der Waals surface area contributed by atoms with Crippen LogP contribution in [-0.4, -0.2) is 14.2 Å². The van der Waals surface area contributed by atoms with Gasteiger partial charge in [-0.2, -0.15) is 0 Å². The summed E-state index contributed by atoms with van der Waals surface area (Å²) >= 11 is 0. The van der Waals surface area contributed by atoms with Gasteiger partial charge in [0.05, 0.1) is 10.6 Å². The predicted molar refractivity (Wildman–Crippen MR) is 83.0 cm³/mol. The molecule has 0 radical (unpaired) electrons. The summed E-state index contributed by atoms with van der Waals surface area (Å²) in [5.74, 6) is 0.0142. The van der Waals surface area contributed by atoms with Crippen molar-refractivity contribution in [2.45, 2.75) is 30.4 Å². The molecule has 0 atom stereocenters. The minimum absolute atomic E-state index is 0.0317. The lowest BCUT2D eigenvalue weighted by molar-refractivity contribution is 0.0981. The van der Waals surface area contributed by atoms with Crippen LogP contribution in [0.4, 0.5) is 0 Å². The summed E-state index contributed by atoms with van der Waals surface area (Å²) in [5.41, 5.74) is 1.32. The zero-order valence-electron chi connectivity index (χ0n) is 12.0. The van der Waals surface area contributed by atoms with Crippen molar-refractivity contribution in [3.8, 4) is 0 Å². The summed E-state index contributed by atoms with van der Waals surface area (Å²) in [6.07, 6.45) is 1.27. The summed E-state index contributed by atoms with van der Waals surface area (Å²) in [5, 5.41) is 0. The van der Waals surface area contributed by atoms with Crippen LogP contribution in [-0.2, 0) is 15.6 Å². The number of hydrogen-bond donors (Lipinski definition) is 0. The second kappa shape index (κ2) is 6.68. The van der Waals surface area contributed by atoms with Gasteiger partial charge in [0.2, 0.25) is 0 Å². The Hall–Kier alpha value is -1.94. The monoisotopic (exact) mass is 302 g/mol. The molecule has 0 aromatic heterocycles. The van der Waals surface area contributed by atoms with Crippen LogP contribution in [0.25, 0.3) is 0 Å². The number of rotatable bonds is 6. The third-order valence-corrected chi connectivity index (χ3v) is 4.92. The lowest BCUT2D eigenvalue weighted by atomic mass is 10.1. The van der Waals surface area contributed by atoms with Gasteiger partial charge in [-0.3, -0.25) is 4.79 Å². The molecule has 0 aliphatic carbocycles. The number of Topliss-reactive ketones (excluding diaryl/α,β-unsaturated/α-hetero) is 1. The van der Waals surface area contributed by atoms with E-state index in [0.717, 1.165) is 12.0 Å². The Morgan fingerprint density at radius 1 is 0.952 bits per heavy atom. The maximum atomic E-state index is 12.3. The number of benzene rings is 2. The molecule has 2 rings (SSSR count). The molecule has 0 spiro atoms. The van der Waals surface area contributed by atoms with Gasteiger partial charge in [0.15, 0.2) is 15.6 Å². The second-order valence-corrected chi connectivity index (χ2v) is 6.93. The molecule has 110 valence electrons. The lowest BCUT2D eigenvalue weighted by Crippen LogP contribution is -2.06. The number of sulfone groups is 1. The summed E-state index contributed by atoms with van der Waals surface area (Å²) in [7, 11) is -3.38. The first-order valence-electron chi connectivity index (χ1n) is 6.93. The third-order valence-electron chi connectivity index (χ3n) is 3.21. The average Bonchev–Trinajstić information content (AvgIpc) is 2.48. The third kappa shape index (κ3) is 4.02. The SMILES string of the molecule is CCCC(=O)c1ccc(S(=O)(=O)Cc2ccccc2)cc1. The summed E-state index contributed by atoms with van der Waals surface area (Å²) in [6, 6.07) is 15.3. The normalized spacial score (nSPS) is 11.3. The van der Waals surface area contributed by atoms with Crippen LogP contribution >= 0.6 is 0 Å². The maximum absolute atomic E-state index is 12.3. The molecule has 2 aromatic carbocycles. The predicted octanol–water partition coefficient (Wildman–Crippen LogP) is 3.64. The van der Waals surface area contributed by atoms with Crippen molar-refractivity contribution in [1.29, 1.82) is 0 Å². The van der Waals surface area contributed by atoms with Gasteiger partial charge in [-0.1, -0.05) is 49.4 Å². The molecular formula is C17H18O3S. The van der Waals surface area contributed by atoms with E-state index in [2.05, 4.69) is 0 Å². The quantitative estimate of drug-likeness (QED) is 0.765. The van der Waals surface area contributed by atoms with Crippen molar-refractivity contribution in [1.82, 2.24) is 0 Å². The van der Waals surface area contributed by atoms with Gasteiger partial charge in [0.1, 0.15) is 0 Å². The fraction of sp³-hybridized carbons (Fsp3) is 0.235. The van der Waals surface area contributed by atoms with Crippen LogP contribution < -0.4 is 0 Å². The Morgan fingerprint density at radius 3 is 2.14 bits per heavy atom. The highest BCUT2D eigenvalue weighted by atomic mass is 32.2. The molecular weight excluding hydrogens is 284 g/mol. The number of hydrogen-bond acceptors (Lipinski definition) is 3. The molecule has 0 N–H and O–H groups in total. The first kappa shape index (κ1) is 15.4. The fourth-order valence-corrected chi connectivity index (χ4v) is 3.45. The second-order valence-electron chi connectivity index (χ2n) is 4.94. The number of carbonyl (C=O) groups is 1. The van der Waals surface area contributed by atoms with Crippen LogP contribution in [0.3, 0.4) is 0 Å². The van der Waals surface area contributed by atoms with Gasteiger partial charge in [0.25, 0.3) is 0 Å². The van der Waals surface area contributed by atoms with Crippen LogP contribution in [0.15, 0.2) is 59.5 Å².